The third-order valence-electron chi connectivity index (χ3n) is 5.80. The minimum Gasteiger partial charge on any atom is -0.458 e. The Morgan fingerprint density at radius 3 is 2.68 bits per heavy atom. The number of cyclic esters (lactones) is 1. The van der Waals surface area contributed by atoms with Crippen LogP contribution in [0.2, 0.25) is 0 Å². The number of hydrogen-bond donors (Lipinski definition) is 1. The fourth-order valence-electron chi connectivity index (χ4n) is 4.42. The van der Waals surface area contributed by atoms with Crippen molar-refractivity contribution in [3.05, 3.63) is 35.1 Å². The van der Waals surface area contributed by atoms with Crippen molar-refractivity contribution in [3.63, 3.8) is 0 Å². The van der Waals surface area contributed by atoms with E-state index in [1.165, 1.54) is 6.26 Å². The molecule has 1 N–H and O–H groups in total. The number of aliphatic hydroxyl groups excluding tert-OH is 1. The molecule has 0 amide bonds. The van der Waals surface area contributed by atoms with Crippen molar-refractivity contribution >= 4 is 11.9 Å². The average molecular weight is 346 g/mol. The lowest BCUT2D eigenvalue weighted by Crippen LogP contribution is -2.41. The highest BCUT2D eigenvalue weighted by Gasteiger charge is 2.56. The lowest BCUT2D eigenvalue weighted by atomic mass is 9.65. The molecule has 1 saturated heterocycles. The minimum atomic E-state index is -0.815. The zero-order valence-electron chi connectivity index (χ0n) is 14.5. The van der Waals surface area contributed by atoms with Crippen LogP contribution in [-0.2, 0) is 23.8 Å². The Morgan fingerprint density at radius 2 is 2.00 bits per heavy atom. The van der Waals surface area contributed by atoms with E-state index >= 15 is 0 Å². The molecule has 0 aromatic rings. The van der Waals surface area contributed by atoms with Crippen molar-refractivity contribution in [3.8, 4) is 0 Å². The maximum absolute atomic E-state index is 12.3. The van der Waals surface area contributed by atoms with Crippen LogP contribution in [0.15, 0.2) is 35.1 Å². The smallest absolute Gasteiger partial charge is 0.338 e. The Bertz CT molecular complexity index is 728. The summed E-state index contributed by atoms with van der Waals surface area (Å²) in [5.41, 5.74) is 1.81. The summed E-state index contributed by atoms with van der Waals surface area (Å²) in [6, 6.07) is 0. The van der Waals surface area contributed by atoms with Gasteiger partial charge in [-0.2, -0.15) is 0 Å². The molecule has 0 spiro atoms. The topological polar surface area (TPSA) is 82.1 Å². The van der Waals surface area contributed by atoms with Crippen LogP contribution < -0.4 is 0 Å². The summed E-state index contributed by atoms with van der Waals surface area (Å²) in [5.74, 6) is -1.05. The first-order valence-electron chi connectivity index (χ1n) is 8.63. The van der Waals surface area contributed by atoms with Crippen molar-refractivity contribution in [2.75, 3.05) is 0 Å². The van der Waals surface area contributed by atoms with Gasteiger partial charge in [-0.15, -0.1) is 0 Å². The van der Waals surface area contributed by atoms with E-state index in [1.807, 2.05) is 6.08 Å². The van der Waals surface area contributed by atoms with Gasteiger partial charge in [-0.3, -0.25) is 0 Å². The summed E-state index contributed by atoms with van der Waals surface area (Å²) in [4.78, 5) is 23.7. The number of carbonyl (C=O) groups excluding carboxylic acids is 2. The highest BCUT2D eigenvalue weighted by Crippen LogP contribution is 2.55. The summed E-state index contributed by atoms with van der Waals surface area (Å²) >= 11 is 0. The number of hydrogen-bond acceptors (Lipinski definition) is 6. The van der Waals surface area contributed by atoms with E-state index in [0.717, 1.165) is 18.4 Å². The molecule has 4 aliphatic rings. The Balaban J connectivity index is 1.59. The first-order valence-corrected chi connectivity index (χ1v) is 8.63. The van der Waals surface area contributed by atoms with Crippen LogP contribution in [0, 0.1) is 17.3 Å². The summed E-state index contributed by atoms with van der Waals surface area (Å²) in [7, 11) is 0. The largest absolute Gasteiger partial charge is 0.458 e. The number of aliphatic hydroxyl groups is 1. The van der Waals surface area contributed by atoms with Crippen LogP contribution >= 0.6 is 0 Å². The molecule has 0 aromatic heterocycles. The van der Waals surface area contributed by atoms with E-state index in [2.05, 4.69) is 13.8 Å². The summed E-state index contributed by atoms with van der Waals surface area (Å²) < 4.78 is 16.1. The number of carbonyl (C=O) groups is 2. The molecule has 2 fully saturated rings. The monoisotopic (exact) mass is 346 g/mol. The predicted octanol–water partition coefficient (Wildman–Crippen LogP) is 1.99. The highest BCUT2D eigenvalue weighted by molar-refractivity contribution is 5.92. The lowest BCUT2D eigenvalue weighted by molar-refractivity contribution is -0.152. The highest BCUT2D eigenvalue weighted by atomic mass is 16.7. The molecular weight excluding hydrogens is 324 g/mol. The fourth-order valence-corrected chi connectivity index (χ4v) is 4.42. The van der Waals surface area contributed by atoms with Gasteiger partial charge in [0.05, 0.1) is 23.9 Å². The Hall–Kier alpha value is -2.08. The molecule has 1 saturated carbocycles. The van der Waals surface area contributed by atoms with Gasteiger partial charge in [0.1, 0.15) is 6.10 Å². The molecule has 0 unspecified atom stereocenters. The SMILES string of the molecule is CC1=C[C@@H](O/C=C2/C(=O)O[C@H]3[C@H]4C(=C[C@@H]23)[C@H](O)CCC4(C)C)OC1=O. The fraction of sp³-hybridized carbons (Fsp3) is 0.579. The third-order valence-corrected chi connectivity index (χ3v) is 5.80. The normalized spacial score (nSPS) is 40.2. The van der Waals surface area contributed by atoms with Gasteiger partial charge >= 0.3 is 11.9 Å². The second kappa shape index (κ2) is 5.46. The quantitative estimate of drug-likeness (QED) is 0.356. The van der Waals surface area contributed by atoms with Crippen LogP contribution in [0.1, 0.15) is 33.6 Å². The van der Waals surface area contributed by atoms with Crippen LogP contribution in [-0.4, -0.2) is 35.5 Å². The molecule has 6 nitrogen and oxygen atoms in total. The van der Waals surface area contributed by atoms with Crippen LogP contribution in [0.4, 0.5) is 0 Å². The lowest BCUT2D eigenvalue weighted by Gasteiger charge is -2.42. The van der Waals surface area contributed by atoms with Gasteiger partial charge in [0, 0.05) is 17.6 Å². The summed E-state index contributed by atoms with van der Waals surface area (Å²) in [6.45, 7) is 5.95. The first kappa shape index (κ1) is 16.4. The van der Waals surface area contributed by atoms with E-state index in [4.69, 9.17) is 14.2 Å². The minimum absolute atomic E-state index is 0.0162. The maximum Gasteiger partial charge on any atom is 0.338 e. The first-order chi connectivity index (χ1) is 11.8. The van der Waals surface area contributed by atoms with Gasteiger partial charge < -0.3 is 19.3 Å². The van der Waals surface area contributed by atoms with Crippen LogP contribution in [0.5, 0.6) is 0 Å². The number of esters is 2. The van der Waals surface area contributed by atoms with Gasteiger partial charge in [0.15, 0.2) is 0 Å². The molecule has 0 aromatic carbocycles. The van der Waals surface area contributed by atoms with Crippen LogP contribution in [0.25, 0.3) is 0 Å². The number of rotatable bonds is 2. The van der Waals surface area contributed by atoms with Crippen molar-refractivity contribution < 1.29 is 28.9 Å². The van der Waals surface area contributed by atoms with Gasteiger partial charge in [0.25, 0.3) is 6.29 Å². The van der Waals surface area contributed by atoms with Gasteiger partial charge in [-0.1, -0.05) is 19.9 Å². The van der Waals surface area contributed by atoms with E-state index < -0.39 is 24.3 Å². The molecular formula is C19H22O6. The van der Waals surface area contributed by atoms with E-state index in [-0.39, 0.29) is 23.4 Å². The van der Waals surface area contributed by atoms with Crippen molar-refractivity contribution in [1.82, 2.24) is 0 Å². The zero-order chi connectivity index (χ0) is 17.9. The maximum atomic E-state index is 12.3. The molecule has 2 aliphatic carbocycles. The van der Waals surface area contributed by atoms with E-state index in [9.17, 15) is 14.7 Å². The molecule has 5 atom stereocenters. The Kier molecular flexibility index (Phi) is 3.58. The molecule has 4 rings (SSSR count). The van der Waals surface area contributed by atoms with Crippen LogP contribution in [0.3, 0.4) is 0 Å². The molecule has 2 aliphatic heterocycles. The standard InChI is InChI=1S/C19H22O6/c1-9-6-14(24-17(9)21)23-8-12-10-7-11-13(20)4-5-19(2,3)15(11)16(10)25-18(12)22/h6-8,10,13-16,20H,4-5H2,1-3H3/b12-8+/t10-,13+,14-,15+,16+/m0/s1. The molecule has 0 bridgehead atoms. The summed E-state index contributed by atoms with van der Waals surface area (Å²) in [6.07, 6.45) is 4.88. The Labute approximate surface area is 146 Å². The predicted molar refractivity (Wildman–Crippen MR) is 86.8 cm³/mol. The second-order valence-corrected chi connectivity index (χ2v) is 7.92. The molecule has 6 heteroatoms. The average Bonchev–Trinajstić information content (AvgIpc) is 3.15. The zero-order valence-corrected chi connectivity index (χ0v) is 14.5. The van der Waals surface area contributed by atoms with Crippen molar-refractivity contribution in [1.29, 1.82) is 0 Å². The molecule has 2 heterocycles. The molecule has 25 heavy (non-hydrogen) atoms. The van der Waals surface area contributed by atoms with E-state index in [0.29, 0.717) is 11.1 Å². The van der Waals surface area contributed by atoms with E-state index in [1.54, 1.807) is 13.0 Å². The second-order valence-electron chi connectivity index (χ2n) is 7.92. The van der Waals surface area contributed by atoms with Crippen molar-refractivity contribution in [2.45, 2.75) is 52.1 Å². The van der Waals surface area contributed by atoms with Crippen molar-refractivity contribution in [2.24, 2.45) is 17.3 Å². The van der Waals surface area contributed by atoms with Gasteiger partial charge in [0.2, 0.25) is 0 Å². The number of ether oxygens (including phenoxy) is 3. The number of fused-ring (bicyclic) bond motifs is 3. The summed E-state index contributed by atoms with van der Waals surface area (Å²) in [5, 5.41) is 10.4. The van der Waals surface area contributed by atoms with Gasteiger partial charge in [-0.05, 0) is 30.8 Å². The molecule has 134 valence electrons. The van der Waals surface area contributed by atoms with Gasteiger partial charge in [-0.25, -0.2) is 9.59 Å². The molecule has 0 radical (unpaired) electrons. The Morgan fingerprint density at radius 1 is 1.24 bits per heavy atom. The third kappa shape index (κ3) is 2.51.